The van der Waals surface area contributed by atoms with Crippen LogP contribution in [0.25, 0.3) is 0 Å². The van der Waals surface area contributed by atoms with Gasteiger partial charge in [0.25, 0.3) is 0 Å². The third-order valence-corrected chi connectivity index (χ3v) is 1.40. The van der Waals surface area contributed by atoms with Crippen molar-refractivity contribution in [1.29, 1.82) is 0 Å². The van der Waals surface area contributed by atoms with Gasteiger partial charge in [-0.25, -0.2) is 0 Å². The summed E-state index contributed by atoms with van der Waals surface area (Å²) in [6.07, 6.45) is 9.56. The summed E-state index contributed by atoms with van der Waals surface area (Å²) in [5, 5.41) is 0. The van der Waals surface area contributed by atoms with E-state index in [-0.39, 0.29) is 6.10 Å². The molecule has 0 aliphatic heterocycles. The Balaban J connectivity index is 4.01. The van der Waals surface area contributed by atoms with Crippen LogP contribution in [0.15, 0.2) is 49.1 Å². The van der Waals surface area contributed by atoms with Gasteiger partial charge in [-0.3, -0.25) is 0 Å². The van der Waals surface area contributed by atoms with Gasteiger partial charge in [0.05, 0.1) is 12.7 Å². The molecule has 0 rings (SSSR count). The van der Waals surface area contributed by atoms with Crippen LogP contribution in [0.3, 0.4) is 0 Å². The summed E-state index contributed by atoms with van der Waals surface area (Å²) in [5.41, 5.74) is 1.08. The van der Waals surface area contributed by atoms with Gasteiger partial charge in [-0.1, -0.05) is 43.5 Å². The standard InChI is InChI=1S/C12H18O/c1-5-7-8-9-12(6-2)10-13-11(3)4/h5-9,11H,1-2,10H2,3-4H3/b8-7-,12-9+. The molecule has 0 unspecified atom stereocenters. The van der Waals surface area contributed by atoms with Crippen LogP contribution in [0.1, 0.15) is 13.8 Å². The van der Waals surface area contributed by atoms with E-state index in [2.05, 4.69) is 13.2 Å². The second-order valence-corrected chi connectivity index (χ2v) is 2.93. The number of hydrogen-bond donors (Lipinski definition) is 0. The van der Waals surface area contributed by atoms with Crippen molar-refractivity contribution in [3.05, 3.63) is 49.1 Å². The third-order valence-electron chi connectivity index (χ3n) is 1.40. The van der Waals surface area contributed by atoms with Crippen molar-refractivity contribution in [3.63, 3.8) is 0 Å². The van der Waals surface area contributed by atoms with Crippen LogP contribution in [0.5, 0.6) is 0 Å². The first kappa shape index (κ1) is 11.9. The largest absolute Gasteiger partial charge is 0.374 e. The molecule has 0 aliphatic rings. The fourth-order valence-electron chi connectivity index (χ4n) is 0.696. The predicted octanol–water partition coefficient (Wildman–Crippen LogP) is 3.27. The Morgan fingerprint density at radius 3 is 2.46 bits per heavy atom. The van der Waals surface area contributed by atoms with E-state index < -0.39 is 0 Å². The van der Waals surface area contributed by atoms with E-state index in [9.17, 15) is 0 Å². The summed E-state index contributed by atoms with van der Waals surface area (Å²) in [5.74, 6) is 0. The van der Waals surface area contributed by atoms with E-state index in [1.807, 2.05) is 32.1 Å². The highest BCUT2D eigenvalue weighted by Crippen LogP contribution is 2.00. The number of rotatable bonds is 6. The minimum absolute atomic E-state index is 0.256. The van der Waals surface area contributed by atoms with Crippen molar-refractivity contribution in [1.82, 2.24) is 0 Å². The van der Waals surface area contributed by atoms with Gasteiger partial charge < -0.3 is 4.74 Å². The molecule has 0 saturated heterocycles. The third kappa shape index (κ3) is 7.29. The molecule has 1 nitrogen and oxygen atoms in total. The molecule has 0 bridgehead atoms. The minimum atomic E-state index is 0.256. The van der Waals surface area contributed by atoms with Crippen LogP contribution < -0.4 is 0 Å². The van der Waals surface area contributed by atoms with E-state index >= 15 is 0 Å². The van der Waals surface area contributed by atoms with Crippen molar-refractivity contribution in [3.8, 4) is 0 Å². The molecule has 0 saturated carbocycles. The molecule has 0 atom stereocenters. The summed E-state index contributed by atoms with van der Waals surface area (Å²) in [4.78, 5) is 0. The van der Waals surface area contributed by atoms with Gasteiger partial charge in [0.2, 0.25) is 0 Å². The Bertz CT molecular complexity index is 209. The van der Waals surface area contributed by atoms with Crippen LogP contribution in [-0.2, 0) is 4.74 Å². The Labute approximate surface area is 81.1 Å². The highest BCUT2D eigenvalue weighted by atomic mass is 16.5. The van der Waals surface area contributed by atoms with Crippen molar-refractivity contribution in [2.45, 2.75) is 20.0 Å². The summed E-state index contributed by atoms with van der Waals surface area (Å²) in [6.45, 7) is 11.9. The van der Waals surface area contributed by atoms with Crippen molar-refractivity contribution >= 4 is 0 Å². The smallest absolute Gasteiger partial charge is 0.0720 e. The molecule has 0 heterocycles. The maximum absolute atomic E-state index is 5.43. The maximum Gasteiger partial charge on any atom is 0.0720 e. The van der Waals surface area contributed by atoms with Crippen molar-refractivity contribution in [2.75, 3.05) is 6.61 Å². The quantitative estimate of drug-likeness (QED) is 0.567. The molecular weight excluding hydrogens is 160 g/mol. The summed E-state index contributed by atoms with van der Waals surface area (Å²) < 4.78 is 5.43. The molecule has 0 spiro atoms. The topological polar surface area (TPSA) is 9.23 Å². The van der Waals surface area contributed by atoms with Crippen molar-refractivity contribution in [2.24, 2.45) is 0 Å². The Kier molecular flexibility index (Phi) is 6.93. The van der Waals surface area contributed by atoms with Gasteiger partial charge in [0.15, 0.2) is 0 Å². The van der Waals surface area contributed by atoms with Crippen LogP contribution in [0.4, 0.5) is 0 Å². The molecule has 0 aromatic carbocycles. The lowest BCUT2D eigenvalue weighted by atomic mass is 10.2. The van der Waals surface area contributed by atoms with Crippen LogP contribution >= 0.6 is 0 Å². The first-order chi connectivity index (χ1) is 6.20. The zero-order chi connectivity index (χ0) is 10.1. The average molecular weight is 178 g/mol. The summed E-state index contributed by atoms with van der Waals surface area (Å²) in [7, 11) is 0. The maximum atomic E-state index is 5.43. The SMILES string of the molecule is C=C/C=C\C=C(/C=C)COC(C)C. The van der Waals surface area contributed by atoms with E-state index in [1.54, 1.807) is 12.2 Å². The Hall–Kier alpha value is -1.08. The number of ether oxygens (including phenoxy) is 1. The zero-order valence-corrected chi connectivity index (χ0v) is 8.49. The molecule has 0 N–H and O–H groups in total. The van der Waals surface area contributed by atoms with E-state index in [0.29, 0.717) is 6.61 Å². The van der Waals surface area contributed by atoms with Gasteiger partial charge in [-0.05, 0) is 19.4 Å². The predicted molar refractivity (Wildman–Crippen MR) is 58.7 cm³/mol. The molecule has 0 aromatic rings. The van der Waals surface area contributed by atoms with Gasteiger partial charge in [-0.2, -0.15) is 0 Å². The molecule has 0 radical (unpaired) electrons. The molecule has 0 fully saturated rings. The van der Waals surface area contributed by atoms with Crippen LogP contribution in [0.2, 0.25) is 0 Å². The lowest BCUT2D eigenvalue weighted by Gasteiger charge is -2.06. The highest BCUT2D eigenvalue weighted by Gasteiger charge is 1.94. The molecule has 0 aliphatic carbocycles. The van der Waals surface area contributed by atoms with Gasteiger partial charge in [0.1, 0.15) is 0 Å². The lowest BCUT2D eigenvalue weighted by Crippen LogP contribution is -2.04. The second-order valence-electron chi connectivity index (χ2n) is 2.93. The van der Waals surface area contributed by atoms with Crippen molar-refractivity contribution < 1.29 is 4.74 Å². The molecule has 0 amide bonds. The number of hydrogen-bond acceptors (Lipinski definition) is 1. The molecule has 0 aromatic heterocycles. The molecule has 72 valence electrons. The second kappa shape index (κ2) is 7.56. The first-order valence-corrected chi connectivity index (χ1v) is 4.43. The monoisotopic (exact) mass is 178 g/mol. The summed E-state index contributed by atoms with van der Waals surface area (Å²) >= 11 is 0. The zero-order valence-electron chi connectivity index (χ0n) is 8.49. The Morgan fingerprint density at radius 1 is 1.31 bits per heavy atom. The van der Waals surface area contributed by atoms with Gasteiger partial charge >= 0.3 is 0 Å². The van der Waals surface area contributed by atoms with Gasteiger partial charge in [0, 0.05) is 0 Å². The fraction of sp³-hybridized carbons (Fsp3) is 0.333. The number of allylic oxidation sites excluding steroid dienone is 4. The highest BCUT2D eigenvalue weighted by molar-refractivity contribution is 5.23. The lowest BCUT2D eigenvalue weighted by molar-refractivity contribution is 0.0989. The first-order valence-electron chi connectivity index (χ1n) is 4.43. The normalized spacial score (nSPS) is 12.4. The van der Waals surface area contributed by atoms with E-state index in [1.165, 1.54) is 0 Å². The minimum Gasteiger partial charge on any atom is -0.374 e. The van der Waals surface area contributed by atoms with Crippen LogP contribution in [-0.4, -0.2) is 12.7 Å². The van der Waals surface area contributed by atoms with Gasteiger partial charge in [-0.15, -0.1) is 0 Å². The fourth-order valence-corrected chi connectivity index (χ4v) is 0.696. The molecule has 1 heteroatoms. The molecule has 13 heavy (non-hydrogen) atoms. The van der Waals surface area contributed by atoms with E-state index in [4.69, 9.17) is 4.74 Å². The Morgan fingerprint density at radius 2 is 2.00 bits per heavy atom. The van der Waals surface area contributed by atoms with Crippen LogP contribution in [0, 0.1) is 0 Å². The van der Waals surface area contributed by atoms with E-state index in [0.717, 1.165) is 5.57 Å². The molecular formula is C12H18O. The summed E-state index contributed by atoms with van der Waals surface area (Å²) in [6, 6.07) is 0. The average Bonchev–Trinajstić information content (AvgIpc) is 2.10.